The molecule has 3 aromatic rings. The van der Waals surface area contributed by atoms with Gasteiger partial charge in [0.05, 0.1) is 5.52 Å². The lowest BCUT2D eigenvalue weighted by Crippen LogP contribution is -1.92. The average Bonchev–Trinajstić information content (AvgIpc) is 2.40. The summed E-state index contributed by atoms with van der Waals surface area (Å²) >= 11 is 3.54. The van der Waals surface area contributed by atoms with Gasteiger partial charge in [-0.05, 0) is 29.7 Å². The molecule has 0 bridgehead atoms. The van der Waals surface area contributed by atoms with E-state index in [1.54, 1.807) is 6.33 Å². The Hall–Kier alpha value is -1.74. The smallest absolute Gasteiger partial charge is 0.116 e. The van der Waals surface area contributed by atoms with Crippen molar-refractivity contribution >= 4 is 26.8 Å². The van der Waals surface area contributed by atoms with E-state index in [0.29, 0.717) is 0 Å². The first-order valence-electron chi connectivity index (χ1n) is 5.75. The van der Waals surface area contributed by atoms with Gasteiger partial charge in [-0.25, -0.2) is 9.97 Å². The molecule has 0 saturated carbocycles. The zero-order valence-corrected chi connectivity index (χ0v) is 11.3. The molecule has 0 aliphatic rings. The van der Waals surface area contributed by atoms with Crippen molar-refractivity contribution in [3.8, 4) is 0 Å². The van der Waals surface area contributed by atoms with Crippen LogP contribution in [0.5, 0.6) is 0 Å². The number of hydrogen-bond donors (Lipinski definition) is 0. The number of fused-ring (bicyclic) bond motifs is 1. The van der Waals surface area contributed by atoms with E-state index in [-0.39, 0.29) is 0 Å². The van der Waals surface area contributed by atoms with Crippen LogP contribution in [-0.2, 0) is 6.42 Å². The second kappa shape index (κ2) is 4.86. The molecule has 3 heteroatoms. The van der Waals surface area contributed by atoms with Crippen LogP contribution in [0.2, 0.25) is 0 Å². The molecule has 88 valence electrons. The highest BCUT2D eigenvalue weighted by molar-refractivity contribution is 9.10. The molecule has 0 saturated heterocycles. The number of hydrogen-bond acceptors (Lipinski definition) is 2. The minimum absolute atomic E-state index is 0.893. The Bertz CT molecular complexity index is 680. The largest absolute Gasteiger partial charge is 0.244 e. The molecule has 0 aliphatic heterocycles. The number of nitrogens with zero attached hydrogens (tertiary/aromatic N) is 2. The van der Waals surface area contributed by atoms with E-state index in [1.807, 2.05) is 18.3 Å². The molecule has 1 heterocycles. The van der Waals surface area contributed by atoms with Gasteiger partial charge in [-0.15, -0.1) is 0 Å². The van der Waals surface area contributed by atoms with Gasteiger partial charge < -0.3 is 0 Å². The molecule has 2 nitrogen and oxygen atoms in total. The van der Waals surface area contributed by atoms with Crippen molar-refractivity contribution in [1.29, 1.82) is 0 Å². The standard InChI is InChI=1S/C15H11BrN2/c16-13-7-12(6-11-4-2-1-3-5-11)14-9-17-10-18-15(14)8-13/h1-5,7-10H,6H2. The number of benzene rings is 2. The first-order chi connectivity index (χ1) is 8.83. The Labute approximate surface area is 114 Å². The molecule has 0 amide bonds. The van der Waals surface area contributed by atoms with E-state index in [9.17, 15) is 0 Å². The maximum atomic E-state index is 4.30. The van der Waals surface area contributed by atoms with Crippen molar-refractivity contribution in [2.24, 2.45) is 0 Å². The van der Waals surface area contributed by atoms with Crippen molar-refractivity contribution < 1.29 is 0 Å². The van der Waals surface area contributed by atoms with Crippen molar-refractivity contribution in [2.45, 2.75) is 6.42 Å². The lowest BCUT2D eigenvalue weighted by molar-refractivity contribution is 1.17. The molecule has 0 aliphatic carbocycles. The maximum absolute atomic E-state index is 4.30. The summed E-state index contributed by atoms with van der Waals surface area (Å²) in [7, 11) is 0. The number of rotatable bonds is 2. The normalized spacial score (nSPS) is 10.7. The molecular weight excluding hydrogens is 288 g/mol. The summed E-state index contributed by atoms with van der Waals surface area (Å²) in [6, 6.07) is 14.6. The topological polar surface area (TPSA) is 25.8 Å². The highest BCUT2D eigenvalue weighted by Gasteiger charge is 2.05. The second-order valence-electron chi connectivity index (χ2n) is 4.18. The fourth-order valence-electron chi connectivity index (χ4n) is 2.08. The third-order valence-electron chi connectivity index (χ3n) is 2.91. The average molecular weight is 299 g/mol. The fraction of sp³-hybridized carbons (Fsp3) is 0.0667. The van der Waals surface area contributed by atoms with E-state index in [1.165, 1.54) is 11.1 Å². The minimum atomic E-state index is 0.893. The van der Waals surface area contributed by atoms with Crippen molar-refractivity contribution in [3.05, 3.63) is 70.6 Å². The highest BCUT2D eigenvalue weighted by atomic mass is 79.9. The Morgan fingerprint density at radius 1 is 1.06 bits per heavy atom. The third-order valence-corrected chi connectivity index (χ3v) is 3.37. The molecule has 0 fully saturated rings. The molecule has 0 spiro atoms. The van der Waals surface area contributed by atoms with Crippen LogP contribution in [0.3, 0.4) is 0 Å². The predicted molar refractivity (Wildman–Crippen MR) is 76.5 cm³/mol. The summed E-state index contributed by atoms with van der Waals surface area (Å²) < 4.78 is 1.06. The predicted octanol–water partition coefficient (Wildman–Crippen LogP) is 3.98. The van der Waals surface area contributed by atoms with E-state index < -0.39 is 0 Å². The summed E-state index contributed by atoms with van der Waals surface area (Å²) in [5.74, 6) is 0. The fourth-order valence-corrected chi connectivity index (χ4v) is 2.57. The summed E-state index contributed by atoms with van der Waals surface area (Å²) in [6.45, 7) is 0. The Kier molecular flexibility index (Phi) is 3.07. The van der Waals surface area contributed by atoms with E-state index in [4.69, 9.17) is 0 Å². The van der Waals surface area contributed by atoms with Gasteiger partial charge in [-0.2, -0.15) is 0 Å². The molecule has 0 unspecified atom stereocenters. The van der Waals surface area contributed by atoms with E-state index in [2.05, 4.69) is 56.2 Å². The molecule has 3 rings (SSSR count). The zero-order valence-electron chi connectivity index (χ0n) is 9.68. The third kappa shape index (κ3) is 2.27. The monoisotopic (exact) mass is 298 g/mol. The Morgan fingerprint density at radius 3 is 2.72 bits per heavy atom. The van der Waals surface area contributed by atoms with Gasteiger partial charge in [0.1, 0.15) is 6.33 Å². The van der Waals surface area contributed by atoms with Gasteiger partial charge in [0, 0.05) is 16.1 Å². The van der Waals surface area contributed by atoms with Crippen LogP contribution in [0.25, 0.3) is 10.9 Å². The molecule has 0 atom stereocenters. The van der Waals surface area contributed by atoms with E-state index in [0.717, 1.165) is 21.8 Å². The van der Waals surface area contributed by atoms with Crippen LogP contribution in [0, 0.1) is 0 Å². The summed E-state index contributed by atoms with van der Waals surface area (Å²) in [4.78, 5) is 8.42. The molecular formula is C15H11BrN2. The van der Waals surface area contributed by atoms with Crippen LogP contribution < -0.4 is 0 Å². The van der Waals surface area contributed by atoms with Crippen molar-refractivity contribution in [2.75, 3.05) is 0 Å². The summed E-state index contributed by atoms with van der Waals surface area (Å²) in [5, 5.41) is 1.12. The van der Waals surface area contributed by atoms with Crippen LogP contribution in [-0.4, -0.2) is 9.97 Å². The molecule has 1 aromatic heterocycles. The Balaban J connectivity index is 2.11. The van der Waals surface area contributed by atoms with Crippen molar-refractivity contribution in [3.63, 3.8) is 0 Å². The zero-order chi connectivity index (χ0) is 12.4. The van der Waals surface area contributed by atoms with Gasteiger partial charge in [0.25, 0.3) is 0 Å². The summed E-state index contributed by atoms with van der Waals surface area (Å²) in [5.41, 5.74) is 3.51. The lowest BCUT2D eigenvalue weighted by Gasteiger charge is -2.07. The van der Waals surface area contributed by atoms with Gasteiger partial charge >= 0.3 is 0 Å². The van der Waals surface area contributed by atoms with Gasteiger partial charge in [-0.3, -0.25) is 0 Å². The van der Waals surface area contributed by atoms with Crippen molar-refractivity contribution in [1.82, 2.24) is 9.97 Å². The summed E-state index contributed by atoms with van der Waals surface area (Å²) in [6.07, 6.45) is 4.36. The van der Waals surface area contributed by atoms with E-state index >= 15 is 0 Å². The Morgan fingerprint density at radius 2 is 1.89 bits per heavy atom. The number of halogens is 1. The molecule has 18 heavy (non-hydrogen) atoms. The SMILES string of the molecule is Brc1cc(Cc2ccccc2)c2cncnc2c1. The first-order valence-corrected chi connectivity index (χ1v) is 6.54. The van der Waals surface area contributed by atoms with Gasteiger partial charge in [0.2, 0.25) is 0 Å². The maximum Gasteiger partial charge on any atom is 0.116 e. The molecule has 0 radical (unpaired) electrons. The van der Waals surface area contributed by atoms with Crippen LogP contribution >= 0.6 is 15.9 Å². The quantitative estimate of drug-likeness (QED) is 0.715. The minimum Gasteiger partial charge on any atom is -0.244 e. The molecule has 0 N–H and O–H groups in total. The van der Waals surface area contributed by atoms with Gasteiger partial charge in [-0.1, -0.05) is 46.3 Å². The molecule has 2 aromatic carbocycles. The van der Waals surface area contributed by atoms with Crippen LogP contribution in [0.15, 0.2) is 59.5 Å². The van der Waals surface area contributed by atoms with Crippen LogP contribution in [0.1, 0.15) is 11.1 Å². The lowest BCUT2D eigenvalue weighted by atomic mass is 10.0. The number of aromatic nitrogens is 2. The second-order valence-corrected chi connectivity index (χ2v) is 5.10. The van der Waals surface area contributed by atoms with Crippen LogP contribution in [0.4, 0.5) is 0 Å². The first kappa shape index (κ1) is 11.4. The van der Waals surface area contributed by atoms with Gasteiger partial charge in [0.15, 0.2) is 0 Å². The highest BCUT2D eigenvalue weighted by Crippen LogP contribution is 2.24.